The lowest BCUT2D eigenvalue weighted by atomic mass is 9.69. The summed E-state index contributed by atoms with van der Waals surface area (Å²) in [7, 11) is 2.32. The maximum atomic E-state index is 5.77. The molecule has 2 aliphatic rings. The van der Waals surface area contributed by atoms with Gasteiger partial charge in [0.1, 0.15) is 0 Å². The molecule has 1 saturated heterocycles. The van der Waals surface area contributed by atoms with Crippen LogP contribution in [-0.2, 0) is 4.74 Å². The van der Waals surface area contributed by atoms with Crippen LogP contribution in [0.25, 0.3) is 0 Å². The van der Waals surface area contributed by atoms with Crippen LogP contribution >= 0.6 is 0 Å². The lowest BCUT2D eigenvalue weighted by molar-refractivity contribution is 0.0415. The summed E-state index contributed by atoms with van der Waals surface area (Å²) in [5, 5.41) is 3.72. The van der Waals surface area contributed by atoms with Gasteiger partial charge in [-0.25, -0.2) is 0 Å². The quantitative estimate of drug-likeness (QED) is 0.730. The van der Waals surface area contributed by atoms with Gasteiger partial charge in [0.2, 0.25) is 0 Å². The predicted octanol–water partition coefficient (Wildman–Crippen LogP) is 3.29. The average Bonchev–Trinajstić information content (AvgIpc) is 2.85. The van der Waals surface area contributed by atoms with Gasteiger partial charge in [-0.2, -0.15) is 0 Å². The van der Waals surface area contributed by atoms with Gasteiger partial charge in [-0.3, -0.25) is 0 Å². The van der Waals surface area contributed by atoms with Gasteiger partial charge in [-0.05, 0) is 57.5 Å². The van der Waals surface area contributed by atoms with Crippen molar-refractivity contribution in [3.8, 4) is 0 Å². The molecule has 21 heavy (non-hydrogen) atoms. The van der Waals surface area contributed by atoms with Crippen molar-refractivity contribution in [1.29, 1.82) is 0 Å². The molecule has 0 aromatic rings. The molecule has 124 valence electrons. The summed E-state index contributed by atoms with van der Waals surface area (Å²) in [6.07, 6.45) is 8.43. The van der Waals surface area contributed by atoms with Crippen molar-refractivity contribution in [2.24, 2.45) is 11.3 Å². The van der Waals surface area contributed by atoms with Crippen molar-refractivity contribution < 1.29 is 4.74 Å². The molecule has 1 saturated carbocycles. The Morgan fingerprint density at radius 2 is 2.10 bits per heavy atom. The normalized spacial score (nSPS) is 37.3. The van der Waals surface area contributed by atoms with Crippen molar-refractivity contribution in [3.63, 3.8) is 0 Å². The molecule has 0 aromatic heterocycles. The Morgan fingerprint density at radius 1 is 1.29 bits per heavy atom. The molecule has 2 fully saturated rings. The number of ether oxygens (including phenoxy) is 1. The van der Waals surface area contributed by atoms with Gasteiger partial charge in [-0.15, -0.1) is 0 Å². The molecule has 4 unspecified atom stereocenters. The molecule has 0 amide bonds. The van der Waals surface area contributed by atoms with Gasteiger partial charge in [-0.1, -0.05) is 26.7 Å². The van der Waals surface area contributed by atoms with E-state index in [-0.39, 0.29) is 0 Å². The van der Waals surface area contributed by atoms with E-state index in [0.29, 0.717) is 17.6 Å². The van der Waals surface area contributed by atoms with Crippen LogP contribution in [0.5, 0.6) is 0 Å². The first-order valence-corrected chi connectivity index (χ1v) is 9.09. The zero-order valence-electron chi connectivity index (χ0n) is 14.7. The molecule has 2 rings (SSSR count). The predicted molar refractivity (Wildman–Crippen MR) is 89.7 cm³/mol. The number of hydrogen-bond donors (Lipinski definition) is 1. The minimum absolute atomic E-state index is 0.400. The third kappa shape index (κ3) is 4.67. The maximum absolute atomic E-state index is 5.77. The molecule has 1 heterocycles. The fraction of sp³-hybridized carbons (Fsp3) is 1.00. The van der Waals surface area contributed by atoms with E-state index in [4.69, 9.17) is 4.74 Å². The van der Waals surface area contributed by atoms with E-state index in [1.165, 1.54) is 51.6 Å². The lowest BCUT2D eigenvalue weighted by Gasteiger charge is -2.44. The molecule has 3 heteroatoms. The van der Waals surface area contributed by atoms with Crippen molar-refractivity contribution in [2.75, 3.05) is 33.3 Å². The van der Waals surface area contributed by atoms with Gasteiger partial charge in [0, 0.05) is 25.7 Å². The van der Waals surface area contributed by atoms with E-state index in [9.17, 15) is 0 Å². The van der Waals surface area contributed by atoms with Crippen LogP contribution in [0.1, 0.15) is 59.3 Å². The number of rotatable bonds is 7. The third-order valence-electron chi connectivity index (χ3n) is 5.60. The van der Waals surface area contributed by atoms with Gasteiger partial charge in [0.05, 0.1) is 6.10 Å². The van der Waals surface area contributed by atoms with Gasteiger partial charge >= 0.3 is 0 Å². The molecular weight excluding hydrogens is 260 g/mol. The molecule has 0 aromatic carbocycles. The fourth-order valence-electron chi connectivity index (χ4n) is 4.60. The standard InChI is InChI=1S/C18H36N2O/c1-5-10-19-13-18(9-6-7-15(2)12-18)14-20(4)17-8-11-21-16(17)3/h15-17,19H,5-14H2,1-4H3. The van der Waals surface area contributed by atoms with Crippen molar-refractivity contribution >= 4 is 0 Å². The zero-order chi connectivity index (χ0) is 15.3. The van der Waals surface area contributed by atoms with Crippen LogP contribution < -0.4 is 5.32 Å². The second-order valence-corrected chi connectivity index (χ2v) is 7.73. The molecule has 0 bridgehead atoms. The van der Waals surface area contributed by atoms with Crippen molar-refractivity contribution in [3.05, 3.63) is 0 Å². The van der Waals surface area contributed by atoms with Crippen LogP contribution in [0.4, 0.5) is 0 Å². The zero-order valence-corrected chi connectivity index (χ0v) is 14.7. The highest BCUT2D eigenvalue weighted by molar-refractivity contribution is 4.92. The van der Waals surface area contributed by atoms with Crippen molar-refractivity contribution in [1.82, 2.24) is 10.2 Å². The summed E-state index contributed by atoms with van der Waals surface area (Å²) >= 11 is 0. The summed E-state index contributed by atoms with van der Waals surface area (Å²) in [6, 6.07) is 0.616. The second-order valence-electron chi connectivity index (χ2n) is 7.73. The highest BCUT2D eigenvalue weighted by atomic mass is 16.5. The Balaban J connectivity index is 1.97. The molecule has 0 spiro atoms. The van der Waals surface area contributed by atoms with E-state index in [0.717, 1.165) is 19.1 Å². The molecule has 1 N–H and O–H groups in total. The summed E-state index contributed by atoms with van der Waals surface area (Å²) in [5.41, 5.74) is 0.476. The van der Waals surface area contributed by atoms with E-state index >= 15 is 0 Å². The van der Waals surface area contributed by atoms with Crippen LogP contribution in [0.15, 0.2) is 0 Å². The molecule has 3 nitrogen and oxygen atoms in total. The second kappa shape index (κ2) is 7.94. The topological polar surface area (TPSA) is 24.5 Å². The summed E-state index contributed by atoms with van der Waals surface area (Å²) in [4.78, 5) is 2.60. The van der Waals surface area contributed by atoms with Gasteiger partial charge < -0.3 is 15.0 Å². The molecular formula is C18H36N2O. The highest BCUT2D eigenvalue weighted by Gasteiger charge is 2.38. The van der Waals surface area contributed by atoms with Crippen LogP contribution in [0, 0.1) is 11.3 Å². The number of likely N-dealkylation sites (N-methyl/N-ethyl adjacent to an activating group) is 1. The lowest BCUT2D eigenvalue weighted by Crippen LogP contribution is -2.49. The monoisotopic (exact) mass is 296 g/mol. The van der Waals surface area contributed by atoms with E-state index in [2.05, 4.69) is 38.0 Å². The maximum Gasteiger partial charge on any atom is 0.0702 e. The summed E-state index contributed by atoms with van der Waals surface area (Å²) in [6.45, 7) is 11.4. The Labute approximate surface area is 131 Å². The highest BCUT2D eigenvalue weighted by Crippen LogP contribution is 2.40. The first-order valence-electron chi connectivity index (χ1n) is 9.09. The average molecular weight is 296 g/mol. The first-order chi connectivity index (χ1) is 10.1. The van der Waals surface area contributed by atoms with Crippen molar-refractivity contribution in [2.45, 2.75) is 71.4 Å². The van der Waals surface area contributed by atoms with E-state index in [1.807, 2.05) is 0 Å². The Hall–Kier alpha value is -0.120. The SMILES string of the molecule is CCCNCC1(CN(C)C2CCOC2C)CCCC(C)C1. The van der Waals surface area contributed by atoms with Gasteiger partial charge in [0.15, 0.2) is 0 Å². The number of nitrogens with one attached hydrogen (secondary N) is 1. The summed E-state index contributed by atoms with van der Waals surface area (Å²) < 4.78 is 5.77. The minimum Gasteiger partial charge on any atom is -0.377 e. The first kappa shape index (κ1) is 17.2. The number of hydrogen-bond acceptors (Lipinski definition) is 3. The third-order valence-corrected chi connectivity index (χ3v) is 5.60. The van der Waals surface area contributed by atoms with Crippen LogP contribution in [0.2, 0.25) is 0 Å². The van der Waals surface area contributed by atoms with E-state index in [1.54, 1.807) is 0 Å². The summed E-state index contributed by atoms with van der Waals surface area (Å²) in [5.74, 6) is 0.882. The Kier molecular flexibility index (Phi) is 6.51. The smallest absolute Gasteiger partial charge is 0.0702 e. The van der Waals surface area contributed by atoms with E-state index < -0.39 is 0 Å². The Bertz CT molecular complexity index is 310. The van der Waals surface area contributed by atoms with Gasteiger partial charge in [0.25, 0.3) is 0 Å². The molecule has 0 radical (unpaired) electrons. The molecule has 4 atom stereocenters. The largest absolute Gasteiger partial charge is 0.377 e. The minimum atomic E-state index is 0.400. The molecule has 1 aliphatic carbocycles. The van der Waals surface area contributed by atoms with Crippen LogP contribution in [0.3, 0.4) is 0 Å². The Morgan fingerprint density at radius 3 is 2.71 bits per heavy atom. The number of nitrogens with zero attached hydrogens (tertiary/aromatic N) is 1. The fourth-order valence-corrected chi connectivity index (χ4v) is 4.60. The van der Waals surface area contributed by atoms with Crippen LogP contribution in [-0.4, -0.2) is 50.3 Å². The molecule has 1 aliphatic heterocycles.